The SMILES string of the molecule is Cc1nnc(C(C)NC2CCCCCC2)s1. The van der Waals surface area contributed by atoms with Gasteiger partial charge in [0, 0.05) is 6.04 Å². The van der Waals surface area contributed by atoms with Crippen molar-refractivity contribution in [2.24, 2.45) is 0 Å². The smallest absolute Gasteiger partial charge is 0.134 e. The summed E-state index contributed by atoms with van der Waals surface area (Å²) in [5, 5.41) is 14.2. The topological polar surface area (TPSA) is 37.8 Å². The van der Waals surface area contributed by atoms with Crippen molar-refractivity contribution in [2.45, 2.75) is 64.5 Å². The molecule has 0 spiro atoms. The second-order valence-corrected chi connectivity index (χ2v) is 5.95. The van der Waals surface area contributed by atoms with E-state index in [1.165, 1.54) is 38.5 Å². The van der Waals surface area contributed by atoms with Crippen LogP contribution in [-0.2, 0) is 0 Å². The monoisotopic (exact) mass is 239 g/mol. The van der Waals surface area contributed by atoms with Gasteiger partial charge >= 0.3 is 0 Å². The zero-order valence-electron chi connectivity index (χ0n) is 10.2. The van der Waals surface area contributed by atoms with Crippen LogP contribution < -0.4 is 5.32 Å². The van der Waals surface area contributed by atoms with Crippen molar-refractivity contribution in [3.8, 4) is 0 Å². The molecule has 1 saturated carbocycles. The normalized spacial score (nSPS) is 20.6. The molecule has 1 aromatic rings. The highest BCUT2D eigenvalue weighted by Crippen LogP contribution is 2.22. The molecule has 1 aliphatic carbocycles. The highest BCUT2D eigenvalue weighted by molar-refractivity contribution is 7.11. The third kappa shape index (κ3) is 3.25. The predicted octanol–water partition coefficient (Wildman–Crippen LogP) is 3.22. The maximum Gasteiger partial charge on any atom is 0.134 e. The molecular weight excluding hydrogens is 218 g/mol. The predicted molar refractivity (Wildman–Crippen MR) is 67.7 cm³/mol. The van der Waals surface area contributed by atoms with Gasteiger partial charge < -0.3 is 5.32 Å². The number of aromatic nitrogens is 2. The molecule has 1 heterocycles. The lowest BCUT2D eigenvalue weighted by molar-refractivity contribution is 0.412. The molecule has 2 rings (SSSR count). The Hall–Kier alpha value is -0.480. The summed E-state index contributed by atoms with van der Waals surface area (Å²) in [6, 6.07) is 1.04. The average molecular weight is 239 g/mol. The minimum absolute atomic E-state index is 0.356. The standard InChI is InChI=1S/C12H21N3S/c1-9(12-15-14-10(2)16-12)13-11-7-5-3-4-6-8-11/h9,11,13H,3-8H2,1-2H3. The van der Waals surface area contributed by atoms with Crippen molar-refractivity contribution in [3.05, 3.63) is 10.0 Å². The first-order valence-electron chi connectivity index (χ1n) is 6.32. The number of nitrogens with zero attached hydrogens (tertiary/aromatic N) is 2. The lowest BCUT2D eigenvalue weighted by Crippen LogP contribution is -2.31. The van der Waals surface area contributed by atoms with Crippen molar-refractivity contribution in [3.63, 3.8) is 0 Å². The van der Waals surface area contributed by atoms with E-state index in [-0.39, 0.29) is 0 Å². The van der Waals surface area contributed by atoms with Gasteiger partial charge in [0.05, 0.1) is 6.04 Å². The molecule has 1 N–H and O–H groups in total. The van der Waals surface area contributed by atoms with E-state index in [1.807, 2.05) is 6.92 Å². The van der Waals surface area contributed by atoms with Crippen molar-refractivity contribution in [1.29, 1.82) is 0 Å². The van der Waals surface area contributed by atoms with Gasteiger partial charge in [0.25, 0.3) is 0 Å². The molecule has 1 unspecified atom stereocenters. The van der Waals surface area contributed by atoms with Crippen LogP contribution in [0.4, 0.5) is 0 Å². The van der Waals surface area contributed by atoms with E-state index in [1.54, 1.807) is 11.3 Å². The zero-order chi connectivity index (χ0) is 11.4. The molecule has 1 atom stereocenters. The minimum Gasteiger partial charge on any atom is -0.305 e. The summed E-state index contributed by atoms with van der Waals surface area (Å²) in [7, 11) is 0. The number of aryl methyl sites for hydroxylation is 1. The highest BCUT2D eigenvalue weighted by atomic mass is 32.1. The molecule has 0 bridgehead atoms. The van der Waals surface area contributed by atoms with Crippen LogP contribution in [0.5, 0.6) is 0 Å². The fourth-order valence-electron chi connectivity index (χ4n) is 2.36. The van der Waals surface area contributed by atoms with E-state index in [2.05, 4.69) is 22.4 Å². The van der Waals surface area contributed by atoms with Gasteiger partial charge in [0.15, 0.2) is 0 Å². The maximum absolute atomic E-state index is 4.21. The Kier molecular flexibility index (Phi) is 4.29. The van der Waals surface area contributed by atoms with Gasteiger partial charge in [0.1, 0.15) is 10.0 Å². The third-order valence-electron chi connectivity index (χ3n) is 3.25. The fraction of sp³-hybridized carbons (Fsp3) is 0.833. The van der Waals surface area contributed by atoms with E-state index in [0.29, 0.717) is 12.1 Å². The first-order valence-corrected chi connectivity index (χ1v) is 7.13. The van der Waals surface area contributed by atoms with E-state index >= 15 is 0 Å². The number of rotatable bonds is 3. The molecule has 0 aliphatic heterocycles. The highest BCUT2D eigenvalue weighted by Gasteiger charge is 2.17. The summed E-state index contributed by atoms with van der Waals surface area (Å²) < 4.78 is 0. The van der Waals surface area contributed by atoms with Gasteiger partial charge in [-0.15, -0.1) is 21.5 Å². The van der Waals surface area contributed by atoms with Gasteiger partial charge in [-0.05, 0) is 26.7 Å². The molecule has 1 aromatic heterocycles. The average Bonchev–Trinajstić information content (AvgIpc) is 2.54. The quantitative estimate of drug-likeness (QED) is 0.823. The van der Waals surface area contributed by atoms with Crippen LogP contribution in [0.2, 0.25) is 0 Å². The molecule has 3 nitrogen and oxygen atoms in total. The second-order valence-electron chi connectivity index (χ2n) is 4.74. The van der Waals surface area contributed by atoms with Crippen molar-refractivity contribution in [1.82, 2.24) is 15.5 Å². The molecule has 1 fully saturated rings. The molecule has 16 heavy (non-hydrogen) atoms. The number of hydrogen-bond acceptors (Lipinski definition) is 4. The Bertz CT molecular complexity index is 316. The molecule has 1 aliphatic rings. The molecule has 4 heteroatoms. The molecular formula is C12H21N3S. The van der Waals surface area contributed by atoms with Crippen LogP contribution >= 0.6 is 11.3 Å². The van der Waals surface area contributed by atoms with Gasteiger partial charge in [0.2, 0.25) is 0 Å². The summed E-state index contributed by atoms with van der Waals surface area (Å²) in [5.41, 5.74) is 0. The van der Waals surface area contributed by atoms with Crippen LogP contribution in [0.15, 0.2) is 0 Å². The van der Waals surface area contributed by atoms with Gasteiger partial charge in [-0.3, -0.25) is 0 Å². The number of hydrogen-bond donors (Lipinski definition) is 1. The van der Waals surface area contributed by atoms with E-state index in [4.69, 9.17) is 0 Å². The molecule has 0 aromatic carbocycles. The fourth-order valence-corrected chi connectivity index (χ4v) is 3.07. The van der Waals surface area contributed by atoms with Crippen LogP contribution in [0.25, 0.3) is 0 Å². The Labute approximate surface area is 102 Å². The van der Waals surface area contributed by atoms with E-state index in [9.17, 15) is 0 Å². The van der Waals surface area contributed by atoms with Crippen LogP contribution in [0.1, 0.15) is 61.5 Å². The van der Waals surface area contributed by atoms with Crippen molar-refractivity contribution in [2.75, 3.05) is 0 Å². The van der Waals surface area contributed by atoms with Gasteiger partial charge in [-0.2, -0.15) is 0 Å². The molecule has 0 saturated heterocycles. The summed E-state index contributed by atoms with van der Waals surface area (Å²) >= 11 is 1.70. The summed E-state index contributed by atoms with van der Waals surface area (Å²) in [4.78, 5) is 0. The lowest BCUT2D eigenvalue weighted by Gasteiger charge is -2.20. The Morgan fingerprint density at radius 3 is 2.44 bits per heavy atom. The summed E-state index contributed by atoms with van der Waals surface area (Å²) in [6.07, 6.45) is 8.21. The van der Waals surface area contributed by atoms with Crippen LogP contribution in [0.3, 0.4) is 0 Å². The zero-order valence-corrected chi connectivity index (χ0v) is 11.0. The second kappa shape index (κ2) is 5.73. The molecule has 0 radical (unpaired) electrons. The number of nitrogens with one attached hydrogen (secondary N) is 1. The van der Waals surface area contributed by atoms with Crippen molar-refractivity contribution < 1.29 is 0 Å². The maximum atomic E-state index is 4.21. The van der Waals surface area contributed by atoms with Gasteiger partial charge in [-0.1, -0.05) is 25.7 Å². The van der Waals surface area contributed by atoms with E-state index in [0.717, 1.165) is 10.0 Å². The van der Waals surface area contributed by atoms with Crippen LogP contribution in [-0.4, -0.2) is 16.2 Å². The first-order chi connectivity index (χ1) is 7.75. The summed E-state index contributed by atoms with van der Waals surface area (Å²) in [5.74, 6) is 0. The molecule has 0 amide bonds. The lowest BCUT2D eigenvalue weighted by atomic mass is 10.1. The van der Waals surface area contributed by atoms with Gasteiger partial charge in [-0.25, -0.2) is 0 Å². The Morgan fingerprint density at radius 2 is 1.88 bits per heavy atom. The summed E-state index contributed by atoms with van der Waals surface area (Å²) in [6.45, 7) is 4.21. The van der Waals surface area contributed by atoms with E-state index < -0.39 is 0 Å². The third-order valence-corrected chi connectivity index (χ3v) is 4.27. The first kappa shape index (κ1) is 12.0. The van der Waals surface area contributed by atoms with Crippen molar-refractivity contribution >= 4 is 11.3 Å². The Balaban J connectivity index is 1.88. The van der Waals surface area contributed by atoms with Crippen LogP contribution in [0, 0.1) is 6.92 Å². The largest absolute Gasteiger partial charge is 0.305 e. The Morgan fingerprint density at radius 1 is 1.19 bits per heavy atom. The minimum atomic E-state index is 0.356. The molecule has 90 valence electrons.